The van der Waals surface area contributed by atoms with Crippen LogP contribution in [0.5, 0.6) is 0 Å². The Hall–Kier alpha value is -1.89. The van der Waals surface area contributed by atoms with Gasteiger partial charge < -0.3 is 15.5 Å². The molecule has 1 amide bonds. The topological polar surface area (TPSA) is 104 Å². The van der Waals surface area contributed by atoms with Gasteiger partial charge in [-0.2, -0.15) is 0 Å². The van der Waals surface area contributed by atoms with Crippen molar-refractivity contribution in [2.24, 2.45) is 0 Å². The fourth-order valence-corrected chi connectivity index (χ4v) is 2.39. The number of carboxylic acids is 2. The Balaban J connectivity index is 2.81. The maximum Gasteiger partial charge on any atom is 0.326 e. The highest BCUT2D eigenvalue weighted by Gasteiger charge is 2.24. The second-order valence-electron chi connectivity index (χ2n) is 3.79. The number of amides is 1. The van der Waals surface area contributed by atoms with Gasteiger partial charge in [0.1, 0.15) is 6.04 Å². The molecule has 1 aromatic rings. The molecular formula is C11H13NO5S. The van der Waals surface area contributed by atoms with E-state index in [0.29, 0.717) is 5.56 Å². The molecule has 7 heteroatoms. The number of carbonyl (C=O) groups is 3. The minimum atomic E-state index is -1.42. The predicted octanol–water partition coefficient (Wildman–Crippen LogP) is 1.02. The van der Waals surface area contributed by atoms with Crippen LogP contribution in [0.4, 0.5) is 0 Å². The zero-order chi connectivity index (χ0) is 13.9. The van der Waals surface area contributed by atoms with Crippen molar-refractivity contribution < 1.29 is 24.6 Å². The minimum absolute atomic E-state index is 0.383. The van der Waals surface area contributed by atoms with Crippen molar-refractivity contribution in [2.45, 2.75) is 26.3 Å². The molecular weight excluding hydrogens is 258 g/mol. The van der Waals surface area contributed by atoms with E-state index in [9.17, 15) is 14.4 Å². The van der Waals surface area contributed by atoms with Crippen LogP contribution < -0.4 is 5.32 Å². The summed E-state index contributed by atoms with van der Waals surface area (Å²) in [5.41, 5.74) is 0.383. The van der Waals surface area contributed by atoms with Crippen LogP contribution in [-0.2, 0) is 9.59 Å². The fraction of sp³-hybridized carbons (Fsp3) is 0.364. The lowest BCUT2D eigenvalue weighted by Crippen LogP contribution is -2.42. The van der Waals surface area contributed by atoms with Crippen LogP contribution in [0.3, 0.4) is 0 Å². The van der Waals surface area contributed by atoms with Gasteiger partial charge in [0.2, 0.25) is 0 Å². The number of aliphatic carboxylic acids is 2. The van der Waals surface area contributed by atoms with Crippen LogP contribution in [0.1, 0.15) is 26.5 Å². The first-order valence-electron chi connectivity index (χ1n) is 5.13. The molecule has 0 aliphatic heterocycles. The molecule has 3 N–H and O–H groups in total. The molecule has 0 aliphatic carbocycles. The summed E-state index contributed by atoms with van der Waals surface area (Å²) in [6.45, 7) is 3.58. The molecule has 0 fully saturated rings. The van der Waals surface area contributed by atoms with E-state index in [1.54, 1.807) is 13.0 Å². The van der Waals surface area contributed by atoms with E-state index < -0.39 is 30.3 Å². The maximum atomic E-state index is 11.8. The Labute approximate surface area is 107 Å². The van der Waals surface area contributed by atoms with Crippen molar-refractivity contribution in [1.82, 2.24) is 5.32 Å². The van der Waals surface area contributed by atoms with Crippen molar-refractivity contribution in [3.63, 3.8) is 0 Å². The Bertz CT molecular complexity index is 494. The van der Waals surface area contributed by atoms with E-state index in [4.69, 9.17) is 10.2 Å². The van der Waals surface area contributed by atoms with Crippen LogP contribution in [0.25, 0.3) is 0 Å². The Morgan fingerprint density at radius 2 is 1.94 bits per heavy atom. The minimum Gasteiger partial charge on any atom is -0.481 e. The predicted molar refractivity (Wildman–Crippen MR) is 64.9 cm³/mol. The molecule has 1 heterocycles. The number of hydrogen-bond donors (Lipinski definition) is 3. The highest BCUT2D eigenvalue weighted by molar-refractivity contribution is 7.12. The molecule has 1 atom stereocenters. The zero-order valence-electron chi connectivity index (χ0n) is 9.89. The second-order valence-corrected chi connectivity index (χ2v) is 5.25. The molecule has 0 saturated heterocycles. The number of thiophene rings is 1. The first-order valence-corrected chi connectivity index (χ1v) is 5.95. The van der Waals surface area contributed by atoms with E-state index in [2.05, 4.69) is 5.32 Å². The van der Waals surface area contributed by atoms with E-state index in [1.807, 2.05) is 6.92 Å². The summed E-state index contributed by atoms with van der Waals surface area (Å²) >= 11 is 1.42. The van der Waals surface area contributed by atoms with Gasteiger partial charge in [-0.25, -0.2) is 4.79 Å². The lowest BCUT2D eigenvalue weighted by molar-refractivity contribution is -0.145. The molecule has 0 unspecified atom stereocenters. The van der Waals surface area contributed by atoms with Crippen LogP contribution >= 0.6 is 11.3 Å². The average Bonchev–Trinajstić information content (AvgIpc) is 2.56. The number of rotatable bonds is 5. The lowest BCUT2D eigenvalue weighted by atomic mass is 10.1. The van der Waals surface area contributed by atoms with Crippen LogP contribution in [0, 0.1) is 13.8 Å². The normalized spacial score (nSPS) is 11.9. The third kappa shape index (κ3) is 3.56. The molecule has 1 rings (SSSR count). The molecule has 6 nitrogen and oxygen atoms in total. The summed E-state index contributed by atoms with van der Waals surface area (Å²) in [6.07, 6.45) is -0.650. The monoisotopic (exact) mass is 271 g/mol. The van der Waals surface area contributed by atoms with Crippen molar-refractivity contribution in [2.75, 3.05) is 0 Å². The Kier molecular flexibility index (Phi) is 4.43. The van der Waals surface area contributed by atoms with Gasteiger partial charge in [0, 0.05) is 9.75 Å². The molecule has 0 saturated carbocycles. The number of nitrogens with one attached hydrogen (secondary N) is 1. The molecule has 0 radical (unpaired) electrons. The van der Waals surface area contributed by atoms with E-state index in [0.717, 1.165) is 9.75 Å². The maximum absolute atomic E-state index is 11.8. The SMILES string of the molecule is Cc1cc(C(=O)N[C@H](CC(=O)O)C(=O)O)c(C)s1. The molecule has 1 aromatic heterocycles. The number of hydrogen-bond acceptors (Lipinski definition) is 4. The van der Waals surface area contributed by atoms with Crippen LogP contribution in [0.2, 0.25) is 0 Å². The van der Waals surface area contributed by atoms with Gasteiger partial charge in [-0.15, -0.1) is 11.3 Å². The molecule has 98 valence electrons. The largest absolute Gasteiger partial charge is 0.481 e. The molecule has 0 spiro atoms. The van der Waals surface area contributed by atoms with Gasteiger partial charge >= 0.3 is 11.9 Å². The van der Waals surface area contributed by atoms with Gasteiger partial charge in [0.15, 0.2) is 0 Å². The zero-order valence-corrected chi connectivity index (χ0v) is 10.7. The fourth-order valence-electron chi connectivity index (χ4n) is 1.47. The summed E-state index contributed by atoms with van der Waals surface area (Å²) in [6, 6.07) is 0.226. The van der Waals surface area contributed by atoms with Crippen LogP contribution in [0.15, 0.2) is 6.07 Å². The molecule has 0 aliphatic rings. The smallest absolute Gasteiger partial charge is 0.326 e. The summed E-state index contributed by atoms with van der Waals surface area (Å²) < 4.78 is 0. The third-order valence-electron chi connectivity index (χ3n) is 2.27. The standard InChI is InChI=1S/C11H13NO5S/c1-5-3-7(6(2)18-5)10(15)12-8(11(16)17)4-9(13)14/h3,8H,4H2,1-2H3,(H,12,15)(H,13,14)(H,16,17)/t8-/m1/s1. The summed E-state index contributed by atoms with van der Waals surface area (Å²) in [4.78, 5) is 34.8. The van der Waals surface area contributed by atoms with Gasteiger partial charge in [0.05, 0.1) is 12.0 Å². The number of aryl methyl sites for hydroxylation is 2. The van der Waals surface area contributed by atoms with Gasteiger partial charge in [-0.3, -0.25) is 9.59 Å². The summed E-state index contributed by atoms with van der Waals surface area (Å²) in [5, 5.41) is 19.6. The van der Waals surface area contributed by atoms with Crippen molar-refractivity contribution >= 4 is 29.2 Å². The molecule has 18 heavy (non-hydrogen) atoms. The van der Waals surface area contributed by atoms with E-state index in [-0.39, 0.29) is 0 Å². The van der Waals surface area contributed by atoms with Gasteiger partial charge in [-0.05, 0) is 19.9 Å². The molecule has 0 aromatic carbocycles. The van der Waals surface area contributed by atoms with Crippen molar-refractivity contribution in [3.8, 4) is 0 Å². The van der Waals surface area contributed by atoms with Gasteiger partial charge in [0.25, 0.3) is 5.91 Å². The average molecular weight is 271 g/mol. The van der Waals surface area contributed by atoms with Crippen molar-refractivity contribution in [1.29, 1.82) is 0 Å². The van der Waals surface area contributed by atoms with E-state index in [1.165, 1.54) is 11.3 Å². The van der Waals surface area contributed by atoms with Crippen molar-refractivity contribution in [3.05, 3.63) is 21.4 Å². The lowest BCUT2D eigenvalue weighted by Gasteiger charge is -2.11. The quantitative estimate of drug-likeness (QED) is 0.741. The number of carboxylic acid groups (broad SMARTS) is 2. The third-order valence-corrected chi connectivity index (χ3v) is 3.23. The first kappa shape index (κ1) is 14.2. The number of carbonyl (C=O) groups excluding carboxylic acids is 1. The highest BCUT2D eigenvalue weighted by Crippen LogP contribution is 2.20. The Morgan fingerprint density at radius 3 is 2.33 bits per heavy atom. The first-order chi connectivity index (χ1) is 8.31. The van der Waals surface area contributed by atoms with Crippen LogP contribution in [-0.4, -0.2) is 34.1 Å². The Morgan fingerprint density at radius 1 is 1.33 bits per heavy atom. The molecule has 0 bridgehead atoms. The summed E-state index contributed by atoms with van der Waals surface area (Å²) in [7, 11) is 0. The van der Waals surface area contributed by atoms with E-state index >= 15 is 0 Å². The second kappa shape index (κ2) is 5.63. The highest BCUT2D eigenvalue weighted by atomic mass is 32.1. The van der Waals surface area contributed by atoms with Gasteiger partial charge in [-0.1, -0.05) is 0 Å². The summed E-state index contributed by atoms with van der Waals surface area (Å²) in [5.74, 6) is -3.21.